The van der Waals surface area contributed by atoms with Crippen LogP contribution in [0.15, 0.2) is 0 Å². The van der Waals surface area contributed by atoms with Crippen molar-refractivity contribution >= 4 is 0 Å². The number of piperidine rings is 1. The highest BCUT2D eigenvalue weighted by molar-refractivity contribution is 4.77. The van der Waals surface area contributed by atoms with Crippen LogP contribution < -0.4 is 0 Å². The molecular formula is C16H33N3. The van der Waals surface area contributed by atoms with Gasteiger partial charge in [0.15, 0.2) is 0 Å². The lowest BCUT2D eigenvalue weighted by atomic mass is 9.87. The highest BCUT2D eigenvalue weighted by Crippen LogP contribution is 2.24. The van der Waals surface area contributed by atoms with Gasteiger partial charge in [-0.15, -0.1) is 0 Å². The predicted octanol–water partition coefficient (Wildman–Crippen LogP) is 2.34. The fourth-order valence-electron chi connectivity index (χ4n) is 3.47. The molecule has 0 aromatic carbocycles. The van der Waals surface area contributed by atoms with Crippen molar-refractivity contribution in [3.63, 3.8) is 0 Å². The number of hydrogen-bond acceptors (Lipinski definition) is 3. The first-order chi connectivity index (χ1) is 9.06. The third-order valence-electron chi connectivity index (χ3n) is 5.11. The van der Waals surface area contributed by atoms with Gasteiger partial charge in [-0.25, -0.2) is 0 Å². The number of likely N-dealkylation sites (tertiary alicyclic amines) is 1. The number of piperazine rings is 1. The number of hydrogen-bond donors (Lipinski definition) is 0. The third-order valence-corrected chi connectivity index (χ3v) is 5.11. The average molecular weight is 267 g/mol. The maximum atomic E-state index is 2.67. The summed E-state index contributed by atoms with van der Waals surface area (Å²) in [6.45, 7) is 18.2. The fraction of sp³-hybridized carbons (Fsp3) is 1.00. The van der Waals surface area contributed by atoms with Crippen LogP contribution in [-0.2, 0) is 0 Å². The summed E-state index contributed by atoms with van der Waals surface area (Å²) in [4.78, 5) is 7.92. The van der Waals surface area contributed by atoms with Gasteiger partial charge in [0.2, 0.25) is 0 Å². The summed E-state index contributed by atoms with van der Waals surface area (Å²) in [6, 6.07) is 0.712. The molecule has 0 amide bonds. The molecule has 0 saturated carbocycles. The summed E-state index contributed by atoms with van der Waals surface area (Å²) < 4.78 is 0. The van der Waals surface area contributed by atoms with E-state index in [4.69, 9.17) is 0 Å². The topological polar surface area (TPSA) is 9.72 Å². The molecule has 2 aliphatic heterocycles. The van der Waals surface area contributed by atoms with Crippen LogP contribution in [0, 0.1) is 11.8 Å². The molecule has 0 aromatic heterocycles. The van der Waals surface area contributed by atoms with E-state index < -0.39 is 0 Å². The first-order valence-electron chi connectivity index (χ1n) is 8.25. The van der Waals surface area contributed by atoms with Gasteiger partial charge in [-0.3, -0.25) is 14.7 Å². The van der Waals surface area contributed by atoms with Crippen LogP contribution in [0.1, 0.15) is 40.5 Å². The van der Waals surface area contributed by atoms with Gasteiger partial charge in [-0.05, 0) is 51.6 Å². The Morgan fingerprint density at radius 1 is 0.789 bits per heavy atom. The molecule has 0 unspecified atom stereocenters. The normalized spacial score (nSPS) is 25.6. The minimum Gasteiger partial charge on any atom is -0.298 e. The van der Waals surface area contributed by atoms with Gasteiger partial charge in [0.25, 0.3) is 0 Å². The van der Waals surface area contributed by atoms with Crippen LogP contribution in [0.5, 0.6) is 0 Å². The van der Waals surface area contributed by atoms with E-state index in [9.17, 15) is 0 Å². The van der Waals surface area contributed by atoms with Gasteiger partial charge in [0, 0.05) is 32.2 Å². The van der Waals surface area contributed by atoms with E-state index >= 15 is 0 Å². The number of nitrogens with zero attached hydrogens (tertiary/aromatic N) is 3. The monoisotopic (exact) mass is 267 g/mol. The Hall–Kier alpha value is -0.120. The van der Waals surface area contributed by atoms with Crippen molar-refractivity contribution in [2.75, 3.05) is 45.9 Å². The minimum absolute atomic E-state index is 0.712. The van der Waals surface area contributed by atoms with Gasteiger partial charge in [-0.2, -0.15) is 0 Å². The van der Waals surface area contributed by atoms with E-state index in [1.165, 1.54) is 58.8 Å². The van der Waals surface area contributed by atoms with Crippen molar-refractivity contribution in [2.24, 2.45) is 11.8 Å². The summed E-state index contributed by atoms with van der Waals surface area (Å²) >= 11 is 0. The van der Waals surface area contributed by atoms with Crippen LogP contribution in [0.2, 0.25) is 0 Å². The van der Waals surface area contributed by atoms with Crippen LogP contribution >= 0.6 is 0 Å². The maximum Gasteiger partial charge on any atom is 0.0507 e. The molecule has 2 saturated heterocycles. The fourth-order valence-corrected chi connectivity index (χ4v) is 3.47. The summed E-state index contributed by atoms with van der Waals surface area (Å²) in [5.41, 5.74) is 0. The lowest BCUT2D eigenvalue weighted by Crippen LogP contribution is -2.52. The Morgan fingerprint density at radius 2 is 1.32 bits per heavy atom. The summed E-state index contributed by atoms with van der Waals surface area (Å²) in [7, 11) is 0. The molecule has 2 rings (SSSR count). The van der Waals surface area contributed by atoms with Crippen molar-refractivity contribution < 1.29 is 0 Å². The van der Waals surface area contributed by atoms with Crippen molar-refractivity contribution in [2.45, 2.75) is 46.6 Å². The van der Waals surface area contributed by atoms with Gasteiger partial charge >= 0.3 is 0 Å². The van der Waals surface area contributed by atoms with Gasteiger partial charge in [-0.1, -0.05) is 13.8 Å². The summed E-state index contributed by atoms with van der Waals surface area (Å²) in [6.07, 6.45) is 2.81. The van der Waals surface area contributed by atoms with E-state index in [2.05, 4.69) is 42.4 Å². The highest BCUT2D eigenvalue weighted by atomic mass is 15.4. The quantitative estimate of drug-likeness (QED) is 0.774. The molecule has 0 N–H and O–H groups in total. The van der Waals surface area contributed by atoms with Crippen LogP contribution in [0.3, 0.4) is 0 Å². The molecule has 0 aliphatic carbocycles. The standard InChI is InChI=1S/C16H33N3/c1-14(2)16-5-7-17(8-6-16)13-18-9-11-19(12-10-18)15(3)4/h14-16H,5-13H2,1-4H3. The Labute approximate surface area is 119 Å². The Kier molecular flexibility index (Phi) is 5.67. The Balaban J connectivity index is 1.67. The molecule has 2 aliphatic rings. The van der Waals surface area contributed by atoms with Crippen LogP contribution in [-0.4, -0.2) is 66.7 Å². The van der Waals surface area contributed by atoms with Crippen molar-refractivity contribution in [3.05, 3.63) is 0 Å². The minimum atomic E-state index is 0.712. The highest BCUT2D eigenvalue weighted by Gasteiger charge is 2.24. The number of rotatable bonds is 4. The first kappa shape index (κ1) is 15.3. The van der Waals surface area contributed by atoms with E-state index in [1.54, 1.807) is 0 Å². The molecule has 2 heterocycles. The third kappa shape index (κ3) is 4.44. The Bertz CT molecular complexity index is 223. The molecule has 3 nitrogen and oxygen atoms in total. The lowest BCUT2D eigenvalue weighted by Gasteiger charge is -2.41. The molecular weight excluding hydrogens is 234 g/mol. The van der Waals surface area contributed by atoms with Gasteiger partial charge < -0.3 is 0 Å². The average Bonchev–Trinajstić information content (AvgIpc) is 2.40. The largest absolute Gasteiger partial charge is 0.298 e. The SMILES string of the molecule is CC(C)C1CCN(CN2CCN(C(C)C)CC2)CC1. The van der Waals surface area contributed by atoms with E-state index in [0.717, 1.165) is 11.8 Å². The molecule has 0 spiro atoms. The molecule has 19 heavy (non-hydrogen) atoms. The molecule has 112 valence electrons. The molecule has 2 fully saturated rings. The molecule has 0 aromatic rings. The van der Waals surface area contributed by atoms with Crippen molar-refractivity contribution in [1.29, 1.82) is 0 Å². The zero-order valence-electron chi connectivity index (χ0n) is 13.4. The van der Waals surface area contributed by atoms with E-state index in [-0.39, 0.29) is 0 Å². The Morgan fingerprint density at radius 3 is 1.79 bits per heavy atom. The smallest absolute Gasteiger partial charge is 0.0507 e. The van der Waals surface area contributed by atoms with Crippen LogP contribution in [0.25, 0.3) is 0 Å². The molecule has 0 bridgehead atoms. The van der Waals surface area contributed by atoms with Gasteiger partial charge in [0.1, 0.15) is 0 Å². The molecule has 0 atom stereocenters. The zero-order valence-corrected chi connectivity index (χ0v) is 13.4. The summed E-state index contributed by atoms with van der Waals surface area (Å²) in [5.74, 6) is 1.84. The second kappa shape index (κ2) is 7.05. The van der Waals surface area contributed by atoms with Crippen molar-refractivity contribution in [3.8, 4) is 0 Å². The molecule has 3 heteroatoms. The lowest BCUT2D eigenvalue weighted by molar-refractivity contribution is 0.0426. The predicted molar refractivity (Wildman–Crippen MR) is 82.3 cm³/mol. The van der Waals surface area contributed by atoms with Gasteiger partial charge in [0.05, 0.1) is 6.67 Å². The molecule has 0 radical (unpaired) electrons. The van der Waals surface area contributed by atoms with E-state index in [0.29, 0.717) is 6.04 Å². The summed E-state index contributed by atoms with van der Waals surface area (Å²) in [5, 5.41) is 0. The second-order valence-corrected chi connectivity index (χ2v) is 7.09. The van der Waals surface area contributed by atoms with E-state index in [1.807, 2.05) is 0 Å². The van der Waals surface area contributed by atoms with Crippen LogP contribution in [0.4, 0.5) is 0 Å². The zero-order chi connectivity index (χ0) is 13.8. The second-order valence-electron chi connectivity index (χ2n) is 7.09. The maximum absolute atomic E-state index is 2.67. The van der Waals surface area contributed by atoms with Crippen molar-refractivity contribution in [1.82, 2.24) is 14.7 Å². The first-order valence-corrected chi connectivity index (χ1v) is 8.25.